The minimum absolute atomic E-state index is 0.100. The van der Waals surface area contributed by atoms with Gasteiger partial charge in [0, 0.05) is 31.2 Å². The van der Waals surface area contributed by atoms with Crippen molar-refractivity contribution in [1.82, 2.24) is 25.1 Å². The summed E-state index contributed by atoms with van der Waals surface area (Å²) in [7, 11) is 0. The number of rotatable bonds is 5. The number of nitrogens with one attached hydrogen (secondary N) is 2. The summed E-state index contributed by atoms with van der Waals surface area (Å²) in [6.07, 6.45) is 10.6. The third kappa shape index (κ3) is 3.49. The highest BCUT2D eigenvalue weighted by Gasteiger charge is 2.55. The summed E-state index contributed by atoms with van der Waals surface area (Å²) in [5, 5.41) is 21.7. The van der Waals surface area contributed by atoms with E-state index in [0.29, 0.717) is 41.7 Å². The molecule has 3 heterocycles. The lowest BCUT2D eigenvalue weighted by Gasteiger charge is -2.58. The number of nitrogens with zero attached hydrogens (tertiary/aromatic N) is 4. The van der Waals surface area contributed by atoms with E-state index >= 15 is 0 Å². The van der Waals surface area contributed by atoms with Crippen molar-refractivity contribution in [2.24, 2.45) is 17.8 Å². The lowest BCUT2D eigenvalue weighted by Crippen LogP contribution is -2.61. The van der Waals surface area contributed by atoms with E-state index in [4.69, 9.17) is 4.74 Å². The van der Waals surface area contributed by atoms with E-state index in [1.165, 1.54) is 0 Å². The molecule has 9 heteroatoms. The lowest BCUT2D eigenvalue weighted by molar-refractivity contribution is -0.136. The number of amides is 1. The van der Waals surface area contributed by atoms with E-state index in [0.717, 1.165) is 45.1 Å². The first kappa shape index (κ1) is 19.2. The molecule has 1 amide bonds. The number of carbonyl (C=O) groups excluding carboxylic acids is 1. The van der Waals surface area contributed by atoms with E-state index in [-0.39, 0.29) is 18.0 Å². The van der Waals surface area contributed by atoms with Crippen LogP contribution in [-0.2, 0) is 4.74 Å². The molecule has 2 aromatic heterocycles. The van der Waals surface area contributed by atoms with Crippen LogP contribution >= 0.6 is 0 Å². The minimum atomic E-state index is -0.516. The minimum Gasteiger partial charge on any atom is -0.390 e. The van der Waals surface area contributed by atoms with Crippen molar-refractivity contribution in [1.29, 1.82) is 0 Å². The Balaban J connectivity index is 1.25. The van der Waals surface area contributed by atoms with Crippen molar-refractivity contribution < 1.29 is 14.6 Å². The van der Waals surface area contributed by atoms with Crippen LogP contribution in [0.5, 0.6) is 0 Å². The Labute approximate surface area is 180 Å². The number of aliphatic hydroxyl groups is 1. The van der Waals surface area contributed by atoms with Gasteiger partial charge >= 0.3 is 0 Å². The molecule has 3 N–H and O–H groups in total. The molecule has 5 aliphatic rings. The van der Waals surface area contributed by atoms with Crippen molar-refractivity contribution in [3.05, 3.63) is 30.2 Å². The number of ether oxygens (including phenoxy) is 1. The summed E-state index contributed by atoms with van der Waals surface area (Å²) in [5.41, 5.74) is -0.109. The molecule has 1 saturated heterocycles. The van der Waals surface area contributed by atoms with Gasteiger partial charge in [-0.25, -0.2) is 9.67 Å². The molecule has 1 aliphatic heterocycles. The maximum Gasteiger partial charge on any atom is 0.256 e. The number of carbonyl (C=O) groups is 1. The van der Waals surface area contributed by atoms with Gasteiger partial charge in [0.15, 0.2) is 5.82 Å². The molecule has 4 saturated carbocycles. The molecule has 2 unspecified atom stereocenters. The maximum atomic E-state index is 13.4. The van der Waals surface area contributed by atoms with E-state index in [1.54, 1.807) is 29.3 Å². The highest BCUT2D eigenvalue weighted by molar-refractivity contribution is 5.97. The van der Waals surface area contributed by atoms with Crippen molar-refractivity contribution in [3.63, 3.8) is 0 Å². The zero-order chi connectivity index (χ0) is 21.0. The molecule has 0 spiro atoms. The SMILES string of the molecule is O=C(N[C@H]1C2CC3CC1C[C@@](O)(C3)C2)c1cnc(N[C@H]2CCOC2)nc1-n1cccn1. The molecule has 0 aromatic carbocycles. The molecule has 3 atom stereocenters. The second-order valence-electron chi connectivity index (χ2n) is 9.78. The van der Waals surface area contributed by atoms with Gasteiger partial charge in [0.05, 0.1) is 18.2 Å². The monoisotopic (exact) mass is 424 g/mol. The average Bonchev–Trinajstić information content (AvgIpc) is 3.43. The molecule has 4 aliphatic carbocycles. The normalized spacial score (nSPS) is 36.0. The summed E-state index contributed by atoms with van der Waals surface area (Å²) in [6, 6.07) is 2.08. The average molecular weight is 425 g/mol. The summed E-state index contributed by atoms with van der Waals surface area (Å²) in [5.74, 6) is 2.04. The van der Waals surface area contributed by atoms with Crippen LogP contribution < -0.4 is 10.6 Å². The first-order chi connectivity index (χ1) is 15.1. The maximum absolute atomic E-state index is 13.4. The molecule has 4 bridgehead atoms. The Bertz CT molecular complexity index is 958. The topological polar surface area (TPSA) is 114 Å². The van der Waals surface area contributed by atoms with E-state index in [9.17, 15) is 9.90 Å². The lowest BCUT2D eigenvalue weighted by atomic mass is 9.52. The van der Waals surface area contributed by atoms with Crippen LogP contribution in [0.1, 0.15) is 48.9 Å². The number of hydrogen-bond acceptors (Lipinski definition) is 7. The zero-order valence-electron chi connectivity index (χ0n) is 17.4. The number of aromatic nitrogens is 4. The molecule has 31 heavy (non-hydrogen) atoms. The van der Waals surface area contributed by atoms with Crippen LogP contribution in [0.3, 0.4) is 0 Å². The number of anilines is 1. The van der Waals surface area contributed by atoms with Gasteiger partial charge in [-0.15, -0.1) is 0 Å². The first-order valence-electron chi connectivity index (χ1n) is 11.3. The van der Waals surface area contributed by atoms with Crippen LogP contribution in [0.15, 0.2) is 24.7 Å². The summed E-state index contributed by atoms with van der Waals surface area (Å²) in [4.78, 5) is 22.4. The first-order valence-corrected chi connectivity index (χ1v) is 11.3. The van der Waals surface area contributed by atoms with Crippen LogP contribution in [-0.4, -0.2) is 61.7 Å². The van der Waals surface area contributed by atoms with Gasteiger partial charge in [-0.2, -0.15) is 10.1 Å². The fraction of sp³-hybridized carbons (Fsp3) is 0.636. The van der Waals surface area contributed by atoms with Crippen LogP contribution in [0.2, 0.25) is 0 Å². The fourth-order valence-corrected chi connectivity index (χ4v) is 6.45. The van der Waals surface area contributed by atoms with Gasteiger partial charge in [-0.05, 0) is 62.3 Å². The van der Waals surface area contributed by atoms with Gasteiger partial charge in [-0.3, -0.25) is 4.79 Å². The standard InChI is InChI=1S/C22H28N6O3/c29-20(26-18-14-6-13-7-15(18)10-22(30,8-13)9-14)17-11-23-21(25-16-2-5-31-12-16)27-19(17)28-4-1-3-24-28/h1,3-4,11,13-16,18,30H,2,5-10,12H2,(H,26,29)(H,23,25,27)/t13?,14?,15?,16-,18-,22+/m0/s1. The van der Waals surface area contributed by atoms with Crippen molar-refractivity contribution in [2.75, 3.05) is 18.5 Å². The third-order valence-corrected chi connectivity index (χ3v) is 7.54. The number of hydrogen-bond donors (Lipinski definition) is 3. The molecule has 5 fully saturated rings. The molecule has 2 aromatic rings. The van der Waals surface area contributed by atoms with Crippen LogP contribution in [0.25, 0.3) is 5.82 Å². The molecule has 7 rings (SSSR count). The summed E-state index contributed by atoms with van der Waals surface area (Å²) >= 11 is 0. The highest BCUT2D eigenvalue weighted by Crippen LogP contribution is 2.55. The van der Waals surface area contributed by atoms with Gasteiger partial charge < -0.3 is 20.5 Å². The van der Waals surface area contributed by atoms with Crippen molar-refractivity contribution >= 4 is 11.9 Å². The Morgan fingerprint density at radius 3 is 2.77 bits per heavy atom. The molecule has 9 nitrogen and oxygen atoms in total. The second-order valence-corrected chi connectivity index (χ2v) is 9.78. The Morgan fingerprint density at radius 2 is 2.10 bits per heavy atom. The predicted molar refractivity (Wildman–Crippen MR) is 112 cm³/mol. The quantitative estimate of drug-likeness (QED) is 0.667. The van der Waals surface area contributed by atoms with Crippen molar-refractivity contribution in [2.45, 2.75) is 56.2 Å². The summed E-state index contributed by atoms with van der Waals surface area (Å²) < 4.78 is 7.02. The van der Waals surface area contributed by atoms with Gasteiger partial charge in [0.1, 0.15) is 5.56 Å². The van der Waals surface area contributed by atoms with E-state index in [1.807, 2.05) is 0 Å². The van der Waals surface area contributed by atoms with Gasteiger partial charge in [0.25, 0.3) is 5.91 Å². The fourth-order valence-electron chi connectivity index (χ4n) is 6.45. The Hall–Kier alpha value is -2.52. The van der Waals surface area contributed by atoms with Crippen LogP contribution in [0, 0.1) is 17.8 Å². The molecular formula is C22H28N6O3. The van der Waals surface area contributed by atoms with Gasteiger partial charge in [0.2, 0.25) is 5.95 Å². The Morgan fingerprint density at radius 1 is 1.26 bits per heavy atom. The Kier molecular flexibility index (Phi) is 4.50. The third-order valence-electron chi connectivity index (χ3n) is 7.54. The van der Waals surface area contributed by atoms with Gasteiger partial charge in [-0.1, -0.05) is 0 Å². The smallest absolute Gasteiger partial charge is 0.256 e. The second kappa shape index (κ2) is 7.27. The highest BCUT2D eigenvalue weighted by atomic mass is 16.5. The zero-order valence-corrected chi connectivity index (χ0v) is 17.4. The molecule has 0 radical (unpaired) electrons. The largest absolute Gasteiger partial charge is 0.390 e. The van der Waals surface area contributed by atoms with Crippen molar-refractivity contribution in [3.8, 4) is 5.82 Å². The van der Waals surface area contributed by atoms with Crippen LogP contribution in [0.4, 0.5) is 5.95 Å². The summed E-state index contributed by atoms with van der Waals surface area (Å²) in [6.45, 7) is 1.35. The van der Waals surface area contributed by atoms with E-state index < -0.39 is 5.60 Å². The molecule has 164 valence electrons. The molecular weight excluding hydrogens is 396 g/mol. The predicted octanol–water partition coefficient (Wildman–Crippen LogP) is 1.53. The van der Waals surface area contributed by atoms with E-state index in [2.05, 4.69) is 25.7 Å².